The van der Waals surface area contributed by atoms with E-state index >= 15 is 0 Å². The molecule has 1 rings (SSSR count). The lowest BCUT2D eigenvalue weighted by atomic mass is 10.5. The number of hydrogen-bond donors (Lipinski definition) is 0. The third kappa shape index (κ3) is 4.04. The summed E-state index contributed by atoms with van der Waals surface area (Å²) in [4.78, 5) is 1.28. The molecule has 0 fully saturated rings. The van der Waals surface area contributed by atoms with Crippen LogP contribution in [0, 0.1) is 0 Å². The molecule has 0 aliphatic rings. The average molecular weight is 223 g/mol. The molecule has 0 unspecified atom stereocenters. The topological polar surface area (TPSA) is 9.23 Å². The van der Waals surface area contributed by atoms with E-state index in [4.69, 9.17) is 4.74 Å². The molecular weight excluding hydrogens is 212 g/mol. The minimum Gasteiger partial charge on any atom is -0.379 e. The summed E-state index contributed by atoms with van der Waals surface area (Å²) in [5.41, 5.74) is 0. The molecule has 0 amide bonds. The van der Waals surface area contributed by atoms with Crippen molar-refractivity contribution in [3.8, 4) is 0 Å². The fourth-order valence-corrected chi connectivity index (χ4v) is 1.21. The monoisotopic (exact) mass is 222 g/mol. The van der Waals surface area contributed by atoms with E-state index < -0.39 is 0 Å². The summed E-state index contributed by atoms with van der Waals surface area (Å²) >= 11 is 4.66. The van der Waals surface area contributed by atoms with Crippen LogP contribution in [0.1, 0.15) is 4.88 Å². The van der Waals surface area contributed by atoms with Gasteiger partial charge >= 0.3 is 0 Å². The highest BCUT2D eigenvalue weighted by Crippen LogP contribution is 2.08. The van der Waals surface area contributed by atoms with Crippen LogP contribution in [-0.4, -0.2) is 12.9 Å². The second-order valence-corrected chi connectivity index (χ2v) is 2.54. The first-order chi connectivity index (χ1) is 4.93. The van der Waals surface area contributed by atoms with Crippen molar-refractivity contribution in [2.75, 3.05) is 12.9 Å². The second kappa shape index (κ2) is 7.25. The molecule has 58 valence electrons. The van der Waals surface area contributed by atoms with Gasteiger partial charge < -0.3 is 4.74 Å². The molecular formula is C7H11BrOS. The van der Waals surface area contributed by atoms with Crippen molar-refractivity contribution >= 4 is 27.3 Å². The summed E-state index contributed by atoms with van der Waals surface area (Å²) in [6.07, 6.45) is 0. The summed E-state index contributed by atoms with van der Waals surface area (Å²) < 4.78 is 4.90. The van der Waals surface area contributed by atoms with Crippen LogP contribution in [-0.2, 0) is 11.3 Å². The maximum absolute atomic E-state index is 4.90. The fourth-order valence-electron chi connectivity index (χ4n) is 0.537. The van der Waals surface area contributed by atoms with Gasteiger partial charge in [0, 0.05) is 12.0 Å². The van der Waals surface area contributed by atoms with Crippen LogP contribution in [0.3, 0.4) is 0 Å². The summed E-state index contributed by atoms with van der Waals surface area (Å²) in [5, 5.41) is 2.05. The van der Waals surface area contributed by atoms with E-state index in [0.29, 0.717) is 0 Å². The second-order valence-electron chi connectivity index (χ2n) is 1.51. The van der Waals surface area contributed by atoms with Gasteiger partial charge in [-0.25, -0.2) is 0 Å². The molecule has 1 nitrogen and oxygen atoms in total. The molecule has 0 aromatic carbocycles. The molecule has 0 spiro atoms. The highest BCUT2D eigenvalue weighted by molar-refractivity contribution is 9.08. The van der Waals surface area contributed by atoms with Crippen molar-refractivity contribution in [2.24, 2.45) is 0 Å². The van der Waals surface area contributed by atoms with E-state index in [9.17, 15) is 0 Å². The molecule has 0 saturated carbocycles. The number of methoxy groups -OCH3 is 1. The van der Waals surface area contributed by atoms with E-state index in [2.05, 4.69) is 22.0 Å². The minimum absolute atomic E-state index is 0.748. The molecule has 0 atom stereocenters. The first-order valence-corrected chi connectivity index (χ1v) is 5.29. The Kier molecular flexibility index (Phi) is 7.35. The molecule has 0 radical (unpaired) electrons. The van der Waals surface area contributed by atoms with Crippen molar-refractivity contribution in [1.29, 1.82) is 0 Å². The van der Waals surface area contributed by atoms with Crippen molar-refractivity contribution in [3.63, 3.8) is 0 Å². The molecule has 0 saturated heterocycles. The minimum atomic E-state index is 0.748. The molecule has 0 aliphatic carbocycles. The molecule has 0 N–H and O–H groups in total. The van der Waals surface area contributed by atoms with Crippen LogP contribution in [0.25, 0.3) is 0 Å². The Hall–Kier alpha value is 0.140. The van der Waals surface area contributed by atoms with Crippen molar-refractivity contribution in [2.45, 2.75) is 6.61 Å². The lowest BCUT2D eigenvalue weighted by Gasteiger charge is -1.89. The van der Waals surface area contributed by atoms with Gasteiger partial charge in [-0.05, 0) is 17.3 Å². The van der Waals surface area contributed by atoms with Gasteiger partial charge in [0.05, 0.1) is 6.61 Å². The van der Waals surface area contributed by atoms with Gasteiger partial charge in [-0.2, -0.15) is 0 Å². The molecule has 0 aliphatic heterocycles. The number of hydrogen-bond acceptors (Lipinski definition) is 2. The highest BCUT2D eigenvalue weighted by Gasteiger charge is 1.87. The Balaban J connectivity index is 0.000000371. The van der Waals surface area contributed by atoms with Crippen LogP contribution in [0.4, 0.5) is 0 Å². The predicted molar refractivity (Wildman–Crippen MR) is 49.9 cm³/mol. The van der Waals surface area contributed by atoms with Crippen molar-refractivity contribution < 1.29 is 4.74 Å². The summed E-state index contributed by atoms with van der Waals surface area (Å²) in [5.74, 6) is 1.81. The number of ether oxygens (including phenoxy) is 1. The number of rotatable bonds is 2. The van der Waals surface area contributed by atoms with Gasteiger partial charge in [-0.1, -0.05) is 22.0 Å². The Bertz CT molecular complexity index is 139. The van der Waals surface area contributed by atoms with E-state index in [-0.39, 0.29) is 0 Å². The molecule has 10 heavy (non-hydrogen) atoms. The van der Waals surface area contributed by atoms with Gasteiger partial charge in [0.15, 0.2) is 0 Å². The smallest absolute Gasteiger partial charge is 0.0805 e. The fraction of sp³-hybridized carbons (Fsp3) is 0.429. The molecule has 1 aromatic rings. The standard InChI is InChI=1S/C6H8OS.CH3Br/c1-7-5-6-3-2-4-8-6;1-2/h2-4H,5H2,1H3;1H3. The van der Waals surface area contributed by atoms with E-state index in [1.54, 1.807) is 18.4 Å². The number of thiophene rings is 1. The Morgan fingerprint density at radius 2 is 2.30 bits per heavy atom. The van der Waals surface area contributed by atoms with Crippen molar-refractivity contribution in [1.82, 2.24) is 0 Å². The first kappa shape index (κ1) is 10.1. The summed E-state index contributed by atoms with van der Waals surface area (Å²) in [6.45, 7) is 0.748. The molecule has 0 bridgehead atoms. The third-order valence-corrected chi connectivity index (χ3v) is 1.72. The van der Waals surface area contributed by atoms with Gasteiger partial charge in [-0.3, -0.25) is 0 Å². The van der Waals surface area contributed by atoms with E-state index in [0.717, 1.165) is 6.61 Å². The molecule has 1 aromatic heterocycles. The van der Waals surface area contributed by atoms with Crippen LogP contribution in [0.2, 0.25) is 0 Å². The average Bonchev–Trinajstić information content (AvgIpc) is 2.46. The van der Waals surface area contributed by atoms with Crippen LogP contribution in [0.15, 0.2) is 17.5 Å². The van der Waals surface area contributed by atoms with Gasteiger partial charge in [0.25, 0.3) is 0 Å². The normalized spacial score (nSPS) is 8.30. The maximum atomic E-state index is 4.90. The zero-order valence-electron chi connectivity index (χ0n) is 6.13. The number of alkyl halides is 1. The molecule has 3 heteroatoms. The lowest BCUT2D eigenvalue weighted by molar-refractivity contribution is 0.187. The zero-order valence-corrected chi connectivity index (χ0v) is 8.54. The molecule has 1 heterocycles. The van der Waals surface area contributed by atoms with Crippen molar-refractivity contribution in [3.05, 3.63) is 22.4 Å². The van der Waals surface area contributed by atoms with Gasteiger partial charge in [0.1, 0.15) is 0 Å². The maximum Gasteiger partial charge on any atom is 0.0805 e. The predicted octanol–water partition coefficient (Wildman–Crippen LogP) is 2.91. The Morgan fingerprint density at radius 1 is 1.60 bits per heavy atom. The Labute approximate surface area is 74.2 Å². The third-order valence-electron chi connectivity index (χ3n) is 0.867. The number of halogens is 1. The van der Waals surface area contributed by atoms with E-state index in [1.807, 2.05) is 17.3 Å². The Morgan fingerprint density at radius 3 is 2.70 bits per heavy atom. The summed E-state index contributed by atoms with van der Waals surface area (Å²) in [6, 6.07) is 4.09. The van der Waals surface area contributed by atoms with E-state index in [1.165, 1.54) is 4.88 Å². The highest BCUT2D eigenvalue weighted by atomic mass is 79.9. The largest absolute Gasteiger partial charge is 0.379 e. The first-order valence-electron chi connectivity index (χ1n) is 2.82. The zero-order chi connectivity index (χ0) is 7.82. The van der Waals surface area contributed by atoms with Crippen LogP contribution < -0.4 is 0 Å². The quantitative estimate of drug-likeness (QED) is 0.700. The van der Waals surface area contributed by atoms with Crippen LogP contribution in [0.5, 0.6) is 0 Å². The van der Waals surface area contributed by atoms with Gasteiger partial charge in [0.2, 0.25) is 0 Å². The lowest BCUT2D eigenvalue weighted by Crippen LogP contribution is -1.79. The van der Waals surface area contributed by atoms with Gasteiger partial charge in [-0.15, -0.1) is 11.3 Å². The SMILES string of the molecule is CBr.COCc1cccs1. The van der Waals surface area contributed by atoms with Crippen LogP contribution >= 0.6 is 27.3 Å². The summed E-state index contributed by atoms with van der Waals surface area (Å²) in [7, 11) is 1.71.